The number of hydrogen-bond acceptors (Lipinski definition) is 4. The van der Waals surface area contributed by atoms with Crippen LogP contribution in [0.4, 0.5) is 4.39 Å². The van der Waals surface area contributed by atoms with Gasteiger partial charge in [0.05, 0.1) is 12.7 Å². The number of halogens is 2. The summed E-state index contributed by atoms with van der Waals surface area (Å²) in [4.78, 5) is 24.3. The van der Waals surface area contributed by atoms with Gasteiger partial charge in [0.2, 0.25) is 5.13 Å². The van der Waals surface area contributed by atoms with Gasteiger partial charge in [-0.1, -0.05) is 11.6 Å². The monoisotopic (exact) mass is 264 g/mol. The summed E-state index contributed by atoms with van der Waals surface area (Å²) in [7, 11) is 0. The van der Waals surface area contributed by atoms with Gasteiger partial charge in [-0.05, 0) is 0 Å². The van der Waals surface area contributed by atoms with Gasteiger partial charge in [0.25, 0.3) is 5.56 Å². The second-order valence-corrected chi connectivity index (χ2v) is 4.40. The molecule has 1 saturated heterocycles. The molecule has 1 aromatic heterocycles. The molecule has 1 fully saturated rings. The highest BCUT2D eigenvalue weighted by molar-refractivity contribution is 6.23. The van der Waals surface area contributed by atoms with E-state index in [1.54, 1.807) is 0 Å². The van der Waals surface area contributed by atoms with Crippen molar-refractivity contribution in [3.8, 4) is 0 Å². The SMILES string of the molecule is O=c1ccn([C@H]2O[C@H](CO)C[C@]2(F)Cl)c(=O)[nH]1. The van der Waals surface area contributed by atoms with Crippen LogP contribution < -0.4 is 11.2 Å². The van der Waals surface area contributed by atoms with Crippen LogP contribution in [0.5, 0.6) is 0 Å². The lowest BCUT2D eigenvalue weighted by Crippen LogP contribution is -2.37. The quantitative estimate of drug-likeness (QED) is 0.720. The van der Waals surface area contributed by atoms with Crippen molar-refractivity contribution in [1.29, 1.82) is 0 Å². The van der Waals surface area contributed by atoms with Gasteiger partial charge in [-0.15, -0.1) is 0 Å². The van der Waals surface area contributed by atoms with Crippen LogP contribution in [0.2, 0.25) is 0 Å². The van der Waals surface area contributed by atoms with E-state index in [-0.39, 0.29) is 6.42 Å². The minimum Gasteiger partial charge on any atom is -0.394 e. The Hall–Kier alpha value is -1.18. The van der Waals surface area contributed by atoms with E-state index < -0.39 is 35.3 Å². The lowest BCUT2D eigenvalue weighted by Gasteiger charge is -2.20. The van der Waals surface area contributed by atoms with E-state index in [4.69, 9.17) is 21.4 Å². The lowest BCUT2D eigenvalue weighted by atomic mass is 10.2. The number of aromatic nitrogens is 2. The van der Waals surface area contributed by atoms with Gasteiger partial charge in [0.1, 0.15) is 0 Å². The van der Waals surface area contributed by atoms with Crippen molar-refractivity contribution in [3.63, 3.8) is 0 Å². The van der Waals surface area contributed by atoms with E-state index >= 15 is 0 Å². The number of ether oxygens (including phenoxy) is 1. The minimum atomic E-state index is -2.30. The third-order valence-electron chi connectivity index (χ3n) is 2.49. The van der Waals surface area contributed by atoms with Gasteiger partial charge in [0.15, 0.2) is 6.23 Å². The number of H-pyrrole nitrogens is 1. The van der Waals surface area contributed by atoms with Crippen LogP contribution in [-0.4, -0.2) is 32.5 Å². The summed E-state index contributed by atoms with van der Waals surface area (Å²) in [5.74, 6) is 0. The number of alkyl halides is 2. The highest BCUT2D eigenvalue weighted by Gasteiger charge is 2.49. The molecule has 8 heteroatoms. The first kappa shape index (κ1) is 12.3. The molecule has 6 nitrogen and oxygen atoms in total. The lowest BCUT2D eigenvalue weighted by molar-refractivity contribution is -0.0467. The summed E-state index contributed by atoms with van der Waals surface area (Å²) in [6.45, 7) is -0.396. The zero-order valence-electron chi connectivity index (χ0n) is 8.60. The Balaban J connectivity index is 2.40. The maximum atomic E-state index is 14.0. The van der Waals surface area contributed by atoms with Crippen molar-refractivity contribution in [3.05, 3.63) is 33.1 Å². The summed E-state index contributed by atoms with van der Waals surface area (Å²) < 4.78 is 19.9. The molecular weight excluding hydrogens is 255 g/mol. The molecule has 0 aliphatic carbocycles. The Kier molecular flexibility index (Phi) is 3.07. The van der Waals surface area contributed by atoms with Gasteiger partial charge >= 0.3 is 5.69 Å². The van der Waals surface area contributed by atoms with E-state index in [9.17, 15) is 14.0 Å². The third-order valence-corrected chi connectivity index (χ3v) is 2.83. The molecule has 2 rings (SSSR count). The van der Waals surface area contributed by atoms with E-state index in [0.717, 1.165) is 16.8 Å². The molecule has 0 amide bonds. The number of nitrogens with one attached hydrogen (secondary N) is 1. The van der Waals surface area contributed by atoms with Crippen LogP contribution in [0.3, 0.4) is 0 Å². The number of rotatable bonds is 2. The van der Waals surface area contributed by atoms with Crippen molar-refractivity contribution < 1.29 is 14.2 Å². The average molecular weight is 265 g/mol. The average Bonchev–Trinajstić information content (AvgIpc) is 2.54. The summed E-state index contributed by atoms with van der Waals surface area (Å²) in [6.07, 6.45) is -1.28. The van der Waals surface area contributed by atoms with Gasteiger partial charge in [-0.25, -0.2) is 9.18 Å². The first-order chi connectivity index (χ1) is 7.94. The maximum absolute atomic E-state index is 14.0. The molecule has 3 atom stereocenters. The fourth-order valence-corrected chi connectivity index (χ4v) is 2.05. The number of aromatic amines is 1. The molecule has 0 saturated carbocycles. The predicted octanol–water partition coefficient (Wildman–Crippen LogP) is -0.279. The van der Waals surface area contributed by atoms with Gasteiger partial charge < -0.3 is 9.84 Å². The first-order valence-electron chi connectivity index (χ1n) is 4.89. The Bertz CT molecular complexity index is 526. The van der Waals surface area contributed by atoms with Crippen LogP contribution >= 0.6 is 11.6 Å². The molecule has 0 radical (unpaired) electrons. The molecule has 17 heavy (non-hydrogen) atoms. The fourth-order valence-electron chi connectivity index (χ4n) is 1.72. The summed E-state index contributed by atoms with van der Waals surface area (Å²) >= 11 is 5.60. The molecule has 0 spiro atoms. The highest BCUT2D eigenvalue weighted by atomic mass is 35.5. The zero-order valence-corrected chi connectivity index (χ0v) is 9.35. The van der Waals surface area contributed by atoms with Gasteiger partial charge in [0, 0.05) is 18.7 Å². The van der Waals surface area contributed by atoms with Gasteiger partial charge in [-0.2, -0.15) is 0 Å². The van der Waals surface area contributed by atoms with E-state index in [0.29, 0.717) is 0 Å². The van der Waals surface area contributed by atoms with E-state index in [2.05, 4.69) is 0 Å². The van der Waals surface area contributed by atoms with Crippen molar-refractivity contribution in [2.45, 2.75) is 23.9 Å². The molecule has 0 unspecified atom stereocenters. The van der Waals surface area contributed by atoms with Crippen LogP contribution in [0.25, 0.3) is 0 Å². The molecule has 94 valence electrons. The third kappa shape index (κ3) is 2.26. The minimum absolute atomic E-state index is 0.235. The standard InChI is InChI=1S/C9H10ClFN2O4/c10-9(11)3-5(4-14)17-7(9)13-2-1-6(15)12-8(13)16/h1-2,5,7,14H,3-4H2,(H,12,15,16)/t5-,7-,9+/m0/s1. The van der Waals surface area contributed by atoms with Crippen molar-refractivity contribution >= 4 is 11.6 Å². The fraction of sp³-hybridized carbons (Fsp3) is 0.556. The van der Waals surface area contributed by atoms with Crippen LogP contribution in [0.15, 0.2) is 21.9 Å². The second-order valence-electron chi connectivity index (χ2n) is 3.78. The normalized spacial score (nSPS) is 32.9. The maximum Gasteiger partial charge on any atom is 0.330 e. The Labute approximate surface area is 99.6 Å². The highest BCUT2D eigenvalue weighted by Crippen LogP contribution is 2.43. The Morgan fingerprint density at radius 2 is 2.41 bits per heavy atom. The molecule has 2 heterocycles. The number of nitrogens with zero attached hydrogens (tertiary/aromatic N) is 1. The molecule has 2 N–H and O–H groups in total. The topological polar surface area (TPSA) is 84.3 Å². The molecule has 0 aromatic carbocycles. The molecular formula is C9H10ClFN2O4. The molecule has 1 aliphatic rings. The number of aliphatic hydroxyl groups excluding tert-OH is 1. The van der Waals surface area contributed by atoms with Crippen LogP contribution in [0.1, 0.15) is 12.6 Å². The van der Waals surface area contributed by atoms with Crippen LogP contribution in [0, 0.1) is 0 Å². The molecule has 1 aliphatic heterocycles. The van der Waals surface area contributed by atoms with Crippen LogP contribution in [-0.2, 0) is 4.74 Å². The Morgan fingerprint density at radius 1 is 1.71 bits per heavy atom. The van der Waals surface area contributed by atoms with E-state index in [1.165, 1.54) is 0 Å². The zero-order chi connectivity index (χ0) is 12.6. The molecule has 0 bridgehead atoms. The van der Waals surface area contributed by atoms with Crippen molar-refractivity contribution in [2.75, 3.05) is 6.61 Å². The smallest absolute Gasteiger partial charge is 0.330 e. The predicted molar refractivity (Wildman–Crippen MR) is 56.6 cm³/mol. The number of hydrogen-bond donors (Lipinski definition) is 2. The largest absolute Gasteiger partial charge is 0.394 e. The number of aliphatic hydroxyl groups is 1. The van der Waals surface area contributed by atoms with Gasteiger partial charge in [-0.3, -0.25) is 14.3 Å². The summed E-state index contributed by atoms with van der Waals surface area (Å²) in [5.41, 5.74) is -1.41. The Morgan fingerprint density at radius 3 is 2.94 bits per heavy atom. The first-order valence-corrected chi connectivity index (χ1v) is 5.27. The van der Waals surface area contributed by atoms with Crippen molar-refractivity contribution in [2.24, 2.45) is 0 Å². The second kappa shape index (κ2) is 4.25. The summed E-state index contributed by atoms with van der Waals surface area (Å²) in [6, 6.07) is 1.06. The summed E-state index contributed by atoms with van der Waals surface area (Å²) in [5, 5.41) is 6.58. The molecule has 1 aromatic rings. The van der Waals surface area contributed by atoms with E-state index in [1.807, 2.05) is 4.98 Å². The van der Waals surface area contributed by atoms with Crippen molar-refractivity contribution in [1.82, 2.24) is 9.55 Å².